The van der Waals surface area contributed by atoms with E-state index >= 15 is 0 Å². The average Bonchev–Trinajstić information content (AvgIpc) is 2.48. The first-order valence-corrected chi connectivity index (χ1v) is 6.68. The lowest BCUT2D eigenvalue weighted by Gasteiger charge is -2.23. The van der Waals surface area contributed by atoms with Crippen molar-refractivity contribution >= 4 is 16.7 Å². The molecule has 0 radical (unpaired) electrons. The van der Waals surface area contributed by atoms with Crippen molar-refractivity contribution in [3.63, 3.8) is 0 Å². The lowest BCUT2D eigenvalue weighted by Crippen LogP contribution is -2.42. The van der Waals surface area contributed by atoms with Crippen molar-refractivity contribution in [1.82, 2.24) is 15.6 Å². The van der Waals surface area contributed by atoms with Crippen LogP contribution >= 0.6 is 0 Å². The molecule has 0 atom stereocenters. The molecular formula is C15H17N3O. The Morgan fingerprint density at radius 3 is 2.89 bits per heavy atom. The second-order valence-corrected chi connectivity index (χ2v) is 4.94. The molecule has 19 heavy (non-hydrogen) atoms. The molecule has 1 aliphatic rings. The van der Waals surface area contributed by atoms with Gasteiger partial charge in [-0.1, -0.05) is 6.07 Å². The Morgan fingerprint density at radius 1 is 1.21 bits per heavy atom. The summed E-state index contributed by atoms with van der Waals surface area (Å²) in [5, 5.41) is 8.50. The number of pyridine rings is 1. The van der Waals surface area contributed by atoms with Gasteiger partial charge in [0.1, 0.15) is 0 Å². The van der Waals surface area contributed by atoms with E-state index in [1.807, 2.05) is 30.5 Å². The summed E-state index contributed by atoms with van der Waals surface area (Å²) in [6.07, 6.45) is 5.56. The molecule has 0 bridgehead atoms. The van der Waals surface area contributed by atoms with Crippen LogP contribution in [-0.4, -0.2) is 30.0 Å². The highest BCUT2D eigenvalue weighted by molar-refractivity contribution is 5.98. The number of nitrogens with one attached hydrogen (secondary N) is 2. The fraction of sp³-hybridized carbons (Fsp3) is 0.333. The van der Waals surface area contributed by atoms with Crippen molar-refractivity contribution in [2.75, 3.05) is 13.1 Å². The molecule has 0 spiro atoms. The molecule has 4 nitrogen and oxygen atoms in total. The normalized spacial score (nSPS) is 16.4. The van der Waals surface area contributed by atoms with E-state index in [9.17, 15) is 4.79 Å². The fourth-order valence-corrected chi connectivity index (χ4v) is 2.46. The maximum absolute atomic E-state index is 12.2. The third kappa shape index (κ3) is 2.74. The summed E-state index contributed by atoms with van der Waals surface area (Å²) < 4.78 is 0. The summed E-state index contributed by atoms with van der Waals surface area (Å²) in [5.41, 5.74) is 0.720. The molecule has 0 unspecified atom stereocenters. The zero-order valence-corrected chi connectivity index (χ0v) is 10.7. The van der Waals surface area contributed by atoms with Gasteiger partial charge in [0.15, 0.2) is 0 Å². The molecule has 0 saturated carbocycles. The number of piperidine rings is 1. The smallest absolute Gasteiger partial charge is 0.251 e. The Bertz CT molecular complexity index is 591. The minimum atomic E-state index is 0.0191. The van der Waals surface area contributed by atoms with Crippen LogP contribution in [0.1, 0.15) is 23.2 Å². The Morgan fingerprint density at radius 2 is 2.05 bits per heavy atom. The molecule has 1 amide bonds. The summed E-state index contributed by atoms with van der Waals surface area (Å²) in [7, 11) is 0. The molecule has 98 valence electrons. The van der Waals surface area contributed by atoms with Crippen molar-refractivity contribution in [3.8, 4) is 0 Å². The standard InChI is InChI=1S/C15H17N3O/c19-15(18-14-4-7-16-8-5-14)12-1-2-13-10-17-6-3-11(13)9-12/h1-3,6,9-10,14,16H,4-5,7-8H2,(H,18,19). The van der Waals surface area contributed by atoms with E-state index in [1.54, 1.807) is 6.20 Å². The van der Waals surface area contributed by atoms with Crippen LogP contribution in [0.2, 0.25) is 0 Å². The van der Waals surface area contributed by atoms with Gasteiger partial charge in [-0.15, -0.1) is 0 Å². The Hall–Kier alpha value is -1.94. The number of aromatic nitrogens is 1. The molecule has 2 N–H and O–H groups in total. The lowest BCUT2D eigenvalue weighted by atomic mass is 10.0. The van der Waals surface area contributed by atoms with Gasteiger partial charge >= 0.3 is 0 Å². The maximum atomic E-state index is 12.2. The number of carbonyl (C=O) groups is 1. The number of hydrogen-bond acceptors (Lipinski definition) is 3. The largest absolute Gasteiger partial charge is 0.349 e. The second kappa shape index (κ2) is 5.36. The summed E-state index contributed by atoms with van der Waals surface area (Å²) >= 11 is 0. The van der Waals surface area contributed by atoms with Gasteiger partial charge in [0.2, 0.25) is 0 Å². The van der Waals surface area contributed by atoms with Crippen molar-refractivity contribution in [1.29, 1.82) is 0 Å². The van der Waals surface area contributed by atoms with Crippen molar-refractivity contribution in [2.45, 2.75) is 18.9 Å². The van der Waals surface area contributed by atoms with Crippen molar-refractivity contribution in [2.24, 2.45) is 0 Å². The van der Waals surface area contributed by atoms with Crippen LogP contribution < -0.4 is 10.6 Å². The molecule has 1 fully saturated rings. The predicted octanol–water partition coefficient (Wildman–Crippen LogP) is 1.72. The highest BCUT2D eigenvalue weighted by atomic mass is 16.1. The zero-order chi connectivity index (χ0) is 13.1. The van der Waals surface area contributed by atoms with E-state index < -0.39 is 0 Å². The summed E-state index contributed by atoms with van der Waals surface area (Å²) in [6, 6.07) is 7.95. The lowest BCUT2D eigenvalue weighted by molar-refractivity contribution is 0.0929. The molecule has 1 saturated heterocycles. The van der Waals surface area contributed by atoms with Crippen LogP contribution in [0.5, 0.6) is 0 Å². The molecule has 1 aliphatic heterocycles. The van der Waals surface area contributed by atoms with Crippen LogP contribution in [0.3, 0.4) is 0 Å². The van der Waals surface area contributed by atoms with Gasteiger partial charge in [-0.05, 0) is 49.5 Å². The quantitative estimate of drug-likeness (QED) is 0.859. The fourth-order valence-electron chi connectivity index (χ4n) is 2.46. The maximum Gasteiger partial charge on any atom is 0.251 e. The Labute approximate surface area is 112 Å². The number of carbonyl (C=O) groups excluding carboxylic acids is 1. The third-order valence-electron chi connectivity index (χ3n) is 3.58. The number of amides is 1. The first kappa shape index (κ1) is 12.1. The Kier molecular flexibility index (Phi) is 3.42. The topological polar surface area (TPSA) is 54.0 Å². The SMILES string of the molecule is O=C(NC1CCNCC1)c1ccc2cnccc2c1. The number of nitrogens with zero attached hydrogens (tertiary/aromatic N) is 1. The zero-order valence-electron chi connectivity index (χ0n) is 10.7. The van der Waals surface area contributed by atoms with Crippen LogP contribution in [0.15, 0.2) is 36.7 Å². The van der Waals surface area contributed by atoms with E-state index in [4.69, 9.17) is 0 Å². The molecule has 1 aromatic carbocycles. The number of fused-ring (bicyclic) bond motifs is 1. The number of benzene rings is 1. The van der Waals surface area contributed by atoms with E-state index in [0.717, 1.165) is 42.3 Å². The predicted molar refractivity (Wildman–Crippen MR) is 75.1 cm³/mol. The summed E-state index contributed by atoms with van der Waals surface area (Å²) in [5.74, 6) is 0.0191. The number of rotatable bonds is 2. The molecule has 2 aromatic rings. The number of hydrogen-bond donors (Lipinski definition) is 2. The average molecular weight is 255 g/mol. The summed E-state index contributed by atoms with van der Waals surface area (Å²) in [4.78, 5) is 16.3. The van der Waals surface area contributed by atoms with Crippen LogP contribution in [-0.2, 0) is 0 Å². The van der Waals surface area contributed by atoms with Crippen LogP contribution in [0.25, 0.3) is 10.8 Å². The molecule has 2 heterocycles. The minimum absolute atomic E-state index is 0.0191. The molecular weight excluding hydrogens is 238 g/mol. The van der Waals surface area contributed by atoms with E-state index in [2.05, 4.69) is 15.6 Å². The second-order valence-electron chi connectivity index (χ2n) is 4.94. The van der Waals surface area contributed by atoms with Gasteiger partial charge < -0.3 is 10.6 Å². The highest BCUT2D eigenvalue weighted by Gasteiger charge is 2.16. The highest BCUT2D eigenvalue weighted by Crippen LogP contribution is 2.15. The third-order valence-corrected chi connectivity index (χ3v) is 3.58. The van der Waals surface area contributed by atoms with Crippen LogP contribution in [0.4, 0.5) is 0 Å². The van der Waals surface area contributed by atoms with Gasteiger partial charge in [-0.25, -0.2) is 0 Å². The molecule has 1 aromatic heterocycles. The summed E-state index contributed by atoms with van der Waals surface area (Å²) in [6.45, 7) is 1.96. The van der Waals surface area contributed by atoms with Gasteiger partial charge in [-0.3, -0.25) is 9.78 Å². The monoisotopic (exact) mass is 255 g/mol. The Balaban J connectivity index is 1.77. The molecule has 0 aliphatic carbocycles. The van der Waals surface area contributed by atoms with Crippen molar-refractivity contribution < 1.29 is 4.79 Å². The van der Waals surface area contributed by atoms with Crippen molar-refractivity contribution in [3.05, 3.63) is 42.2 Å². The van der Waals surface area contributed by atoms with Crippen LogP contribution in [0, 0.1) is 0 Å². The molecule has 4 heteroatoms. The van der Waals surface area contributed by atoms with E-state index in [0.29, 0.717) is 6.04 Å². The van der Waals surface area contributed by atoms with E-state index in [1.165, 1.54) is 0 Å². The van der Waals surface area contributed by atoms with E-state index in [-0.39, 0.29) is 5.91 Å². The van der Waals surface area contributed by atoms with Gasteiger partial charge in [0.25, 0.3) is 5.91 Å². The first-order valence-electron chi connectivity index (χ1n) is 6.68. The van der Waals surface area contributed by atoms with Gasteiger partial charge in [-0.2, -0.15) is 0 Å². The van der Waals surface area contributed by atoms with Gasteiger partial charge in [0, 0.05) is 29.4 Å². The molecule has 3 rings (SSSR count). The minimum Gasteiger partial charge on any atom is -0.349 e. The van der Waals surface area contributed by atoms with Gasteiger partial charge in [0.05, 0.1) is 0 Å². The first-order chi connectivity index (χ1) is 9.33.